The van der Waals surface area contributed by atoms with Crippen molar-refractivity contribution in [1.29, 1.82) is 0 Å². The molecule has 1 fully saturated rings. The van der Waals surface area contributed by atoms with Gasteiger partial charge in [-0.15, -0.1) is 0 Å². The van der Waals surface area contributed by atoms with Crippen LogP contribution < -0.4 is 5.14 Å². The number of methoxy groups -OCH3 is 1. The van der Waals surface area contributed by atoms with Crippen LogP contribution in [0.5, 0.6) is 0 Å². The Kier molecular flexibility index (Phi) is 3.42. The summed E-state index contributed by atoms with van der Waals surface area (Å²) in [7, 11) is -2.18. The zero-order valence-corrected chi connectivity index (χ0v) is 10.7. The molecular weight excluding hydrogens is 258 g/mol. The molecule has 1 atom stereocenters. The van der Waals surface area contributed by atoms with Gasteiger partial charge in [0.15, 0.2) is 0 Å². The molecule has 0 saturated carbocycles. The van der Waals surface area contributed by atoms with Crippen molar-refractivity contribution in [3.05, 3.63) is 18.0 Å². The minimum absolute atomic E-state index is 0.0432. The molecule has 0 bridgehead atoms. The van der Waals surface area contributed by atoms with Gasteiger partial charge in [-0.25, -0.2) is 13.6 Å². The van der Waals surface area contributed by atoms with Gasteiger partial charge in [-0.1, -0.05) is 0 Å². The summed E-state index contributed by atoms with van der Waals surface area (Å²) in [4.78, 5) is 16.2. The van der Waals surface area contributed by atoms with Crippen molar-refractivity contribution >= 4 is 15.9 Å². The predicted molar refractivity (Wildman–Crippen MR) is 63.5 cm³/mol. The molecule has 1 amide bonds. The van der Waals surface area contributed by atoms with Crippen LogP contribution in [0.25, 0.3) is 0 Å². The number of rotatable bonds is 3. The number of carbonyl (C=O) groups is 1. The molecule has 1 aromatic rings. The lowest BCUT2D eigenvalue weighted by Gasteiger charge is -2.14. The monoisotopic (exact) mass is 273 g/mol. The van der Waals surface area contributed by atoms with E-state index < -0.39 is 10.0 Å². The number of aromatic amines is 1. The molecular formula is C10H15N3O4S. The average molecular weight is 273 g/mol. The topological polar surface area (TPSA) is 105 Å². The van der Waals surface area contributed by atoms with E-state index in [9.17, 15) is 13.2 Å². The molecule has 7 nitrogen and oxygen atoms in total. The van der Waals surface area contributed by atoms with Gasteiger partial charge in [0.05, 0.1) is 11.0 Å². The standard InChI is InChI=1S/C10H15N3O4S/c1-17-7-2-3-13(6-7)10(14)9-4-8(5-12-9)18(11,15)16/h4-5,7,12H,2-3,6H2,1H3,(H2,11,15,16). The van der Waals surface area contributed by atoms with Gasteiger partial charge in [0, 0.05) is 26.4 Å². The number of sulfonamides is 1. The SMILES string of the molecule is COC1CCN(C(=O)c2cc(S(N)(=O)=O)c[nH]2)C1. The summed E-state index contributed by atoms with van der Waals surface area (Å²) in [5.41, 5.74) is 0.218. The molecule has 1 aliphatic rings. The van der Waals surface area contributed by atoms with Crippen molar-refractivity contribution in [3.63, 3.8) is 0 Å². The number of ether oxygens (including phenoxy) is 1. The van der Waals surface area contributed by atoms with Gasteiger partial charge in [0.25, 0.3) is 5.91 Å². The molecule has 0 spiro atoms. The highest BCUT2D eigenvalue weighted by atomic mass is 32.2. The molecule has 0 aromatic carbocycles. The third-order valence-electron chi connectivity index (χ3n) is 2.98. The van der Waals surface area contributed by atoms with Crippen LogP contribution in [0.1, 0.15) is 16.9 Å². The van der Waals surface area contributed by atoms with Crippen LogP contribution in [0.3, 0.4) is 0 Å². The fourth-order valence-corrected chi connectivity index (χ4v) is 2.44. The first-order valence-electron chi connectivity index (χ1n) is 5.45. The van der Waals surface area contributed by atoms with Crippen LogP contribution in [0.2, 0.25) is 0 Å². The van der Waals surface area contributed by atoms with Gasteiger partial charge in [0.1, 0.15) is 5.69 Å². The molecule has 3 N–H and O–H groups in total. The molecule has 100 valence electrons. The zero-order valence-electron chi connectivity index (χ0n) is 9.92. The number of nitrogens with one attached hydrogen (secondary N) is 1. The predicted octanol–water partition coefficient (Wildman–Crippen LogP) is -0.477. The van der Waals surface area contributed by atoms with E-state index in [1.165, 1.54) is 12.3 Å². The van der Waals surface area contributed by atoms with E-state index in [-0.39, 0.29) is 22.6 Å². The fraction of sp³-hybridized carbons (Fsp3) is 0.500. The van der Waals surface area contributed by atoms with E-state index in [0.29, 0.717) is 13.1 Å². The first kappa shape index (κ1) is 13.1. The Balaban J connectivity index is 2.13. The third kappa shape index (κ3) is 2.55. The van der Waals surface area contributed by atoms with Gasteiger partial charge in [-0.3, -0.25) is 4.79 Å². The molecule has 1 aromatic heterocycles. The minimum atomic E-state index is -3.78. The van der Waals surface area contributed by atoms with Gasteiger partial charge >= 0.3 is 0 Å². The maximum absolute atomic E-state index is 12.1. The van der Waals surface area contributed by atoms with E-state index in [2.05, 4.69) is 4.98 Å². The van der Waals surface area contributed by atoms with Gasteiger partial charge in [-0.05, 0) is 12.5 Å². The van der Waals surface area contributed by atoms with Crippen LogP contribution in [0.4, 0.5) is 0 Å². The Morgan fingerprint density at radius 3 is 2.83 bits per heavy atom. The van der Waals surface area contributed by atoms with E-state index in [0.717, 1.165) is 6.42 Å². The number of nitrogens with two attached hydrogens (primary N) is 1. The largest absolute Gasteiger partial charge is 0.380 e. The summed E-state index contributed by atoms with van der Waals surface area (Å²) >= 11 is 0. The fourth-order valence-electron chi connectivity index (χ4n) is 1.94. The smallest absolute Gasteiger partial charge is 0.270 e. The van der Waals surface area contributed by atoms with E-state index >= 15 is 0 Å². The van der Waals surface area contributed by atoms with Gasteiger partial charge < -0.3 is 14.6 Å². The third-order valence-corrected chi connectivity index (χ3v) is 3.87. The second-order valence-electron chi connectivity index (χ2n) is 4.19. The number of amides is 1. The number of aromatic nitrogens is 1. The summed E-state index contributed by atoms with van der Waals surface area (Å²) in [5, 5.41) is 4.97. The number of H-pyrrole nitrogens is 1. The summed E-state index contributed by atoms with van der Waals surface area (Å²) in [6.45, 7) is 1.11. The highest BCUT2D eigenvalue weighted by Crippen LogP contribution is 2.16. The molecule has 2 rings (SSSR count). The van der Waals surface area contributed by atoms with Crippen LogP contribution in [-0.2, 0) is 14.8 Å². The number of hydrogen-bond acceptors (Lipinski definition) is 4. The van der Waals surface area contributed by atoms with Gasteiger partial charge in [0.2, 0.25) is 10.0 Å². The molecule has 18 heavy (non-hydrogen) atoms. The number of carbonyl (C=O) groups excluding carboxylic acids is 1. The molecule has 0 aliphatic carbocycles. The number of likely N-dealkylation sites (tertiary alicyclic amines) is 1. The maximum Gasteiger partial charge on any atom is 0.270 e. The minimum Gasteiger partial charge on any atom is -0.380 e. The zero-order chi connectivity index (χ0) is 13.3. The Labute approximate surface area is 105 Å². The van der Waals surface area contributed by atoms with Crippen molar-refractivity contribution in [1.82, 2.24) is 9.88 Å². The van der Waals surface area contributed by atoms with E-state index in [4.69, 9.17) is 9.88 Å². The quantitative estimate of drug-likeness (QED) is 0.776. The lowest BCUT2D eigenvalue weighted by molar-refractivity contribution is 0.0719. The number of primary sulfonamides is 1. The van der Waals surface area contributed by atoms with Crippen molar-refractivity contribution in [2.24, 2.45) is 5.14 Å². The van der Waals surface area contributed by atoms with Crippen LogP contribution in [0, 0.1) is 0 Å². The Morgan fingerprint density at radius 2 is 2.33 bits per heavy atom. The molecule has 1 aliphatic heterocycles. The highest BCUT2D eigenvalue weighted by molar-refractivity contribution is 7.89. The number of nitrogens with zero attached hydrogens (tertiary/aromatic N) is 1. The Hall–Kier alpha value is -1.38. The molecule has 0 radical (unpaired) electrons. The van der Waals surface area contributed by atoms with Crippen LogP contribution >= 0.6 is 0 Å². The second kappa shape index (κ2) is 4.71. The van der Waals surface area contributed by atoms with Crippen molar-refractivity contribution in [2.75, 3.05) is 20.2 Å². The first-order valence-corrected chi connectivity index (χ1v) is 6.99. The highest BCUT2D eigenvalue weighted by Gasteiger charge is 2.28. The van der Waals surface area contributed by atoms with Crippen molar-refractivity contribution in [2.45, 2.75) is 17.4 Å². The maximum atomic E-state index is 12.1. The Morgan fingerprint density at radius 1 is 1.61 bits per heavy atom. The summed E-state index contributed by atoms with van der Waals surface area (Å²) in [6.07, 6.45) is 2.04. The van der Waals surface area contributed by atoms with Crippen molar-refractivity contribution in [3.8, 4) is 0 Å². The number of hydrogen-bond donors (Lipinski definition) is 2. The van der Waals surface area contributed by atoms with Gasteiger partial charge in [-0.2, -0.15) is 0 Å². The molecule has 1 unspecified atom stereocenters. The van der Waals surface area contributed by atoms with E-state index in [1.807, 2.05) is 0 Å². The second-order valence-corrected chi connectivity index (χ2v) is 5.75. The lowest BCUT2D eigenvalue weighted by Crippen LogP contribution is -2.30. The summed E-state index contributed by atoms with van der Waals surface area (Å²) in [6, 6.07) is 1.25. The summed E-state index contributed by atoms with van der Waals surface area (Å²) in [5.74, 6) is -0.246. The lowest BCUT2D eigenvalue weighted by atomic mass is 10.3. The summed E-state index contributed by atoms with van der Waals surface area (Å²) < 4.78 is 27.4. The average Bonchev–Trinajstić information content (AvgIpc) is 2.96. The van der Waals surface area contributed by atoms with Crippen LogP contribution in [0.15, 0.2) is 17.2 Å². The molecule has 1 saturated heterocycles. The molecule has 8 heteroatoms. The van der Waals surface area contributed by atoms with Crippen LogP contribution in [-0.4, -0.2) is 50.5 Å². The molecule has 2 heterocycles. The van der Waals surface area contributed by atoms with E-state index in [1.54, 1.807) is 12.0 Å². The van der Waals surface area contributed by atoms with Crippen molar-refractivity contribution < 1.29 is 17.9 Å². The normalized spacial score (nSPS) is 20.3. The Bertz CT molecular complexity index is 551. The first-order chi connectivity index (χ1) is 8.41.